The quantitative estimate of drug-likeness (QED) is 0.805. The van der Waals surface area contributed by atoms with Gasteiger partial charge in [-0.05, 0) is 30.5 Å². The SMILES string of the molecule is CCN(Cc1ccccc1)C(=O)CC1C(=O)NCCN1Cc1ccccc1C. The van der Waals surface area contributed by atoms with Crippen LogP contribution in [0.15, 0.2) is 54.6 Å². The Hall–Kier alpha value is -2.66. The van der Waals surface area contributed by atoms with Crippen molar-refractivity contribution >= 4 is 11.8 Å². The third-order valence-electron chi connectivity index (χ3n) is 5.40. The van der Waals surface area contributed by atoms with Gasteiger partial charge in [0, 0.05) is 32.7 Å². The van der Waals surface area contributed by atoms with Crippen molar-refractivity contribution in [2.45, 2.75) is 39.4 Å². The van der Waals surface area contributed by atoms with E-state index >= 15 is 0 Å². The van der Waals surface area contributed by atoms with Gasteiger partial charge >= 0.3 is 0 Å². The maximum absolute atomic E-state index is 13.0. The van der Waals surface area contributed by atoms with Crippen molar-refractivity contribution in [3.05, 3.63) is 71.3 Å². The van der Waals surface area contributed by atoms with Crippen LogP contribution in [0.3, 0.4) is 0 Å². The van der Waals surface area contributed by atoms with Crippen LogP contribution in [-0.2, 0) is 22.7 Å². The minimum absolute atomic E-state index is 0.0168. The van der Waals surface area contributed by atoms with Crippen molar-refractivity contribution in [3.8, 4) is 0 Å². The predicted octanol–water partition coefficient (Wildman–Crippen LogP) is 2.73. The Kier molecular flexibility index (Phi) is 6.82. The lowest BCUT2D eigenvalue weighted by Crippen LogP contribution is -2.56. The number of hydrogen-bond donors (Lipinski definition) is 1. The first-order valence-corrected chi connectivity index (χ1v) is 9.96. The molecule has 2 amide bonds. The van der Waals surface area contributed by atoms with Crippen LogP contribution < -0.4 is 5.32 Å². The molecule has 2 aromatic carbocycles. The smallest absolute Gasteiger partial charge is 0.237 e. The van der Waals surface area contributed by atoms with Crippen molar-refractivity contribution in [1.29, 1.82) is 0 Å². The molecule has 1 aliphatic rings. The van der Waals surface area contributed by atoms with Crippen molar-refractivity contribution < 1.29 is 9.59 Å². The normalized spacial score (nSPS) is 17.2. The molecule has 1 aliphatic heterocycles. The van der Waals surface area contributed by atoms with Crippen molar-refractivity contribution in [1.82, 2.24) is 15.1 Å². The first kappa shape index (κ1) is 20.1. The van der Waals surface area contributed by atoms with Crippen LogP contribution in [0, 0.1) is 6.92 Å². The van der Waals surface area contributed by atoms with Gasteiger partial charge < -0.3 is 10.2 Å². The summed E-state index contributed by atoms with van der Waals surface area (Å²) in [5.74, 6) is -0.0351. The van der Waals surface area contributed by atoms with E-state index in [4.69, 9.17) is 0 Å². The molecular formula is C23H29N3O2. The lowest BCUT2D eigenvalue weighted by atomic mass is 10.0. The van der Waals surface area contributed by atoms with Gasteiger partial charge in [-0.1, -0.05) is 54.6 Å². The average Bonchev–Trinajstić information content (AvgIpc) is 2.71. The Morgan fingerprint density at radius 2 is 1.86 bits per heavy atom. The van der Waals surface area contributed by atoms with E-state index in [0.29, 0.717) is 26.2 Å². The minimum Gasteiger partial charge on any atom is -0.353 e. The lowest BCUT2D eigenvalue weighted by molar-refractivity contribution is -0.139. The van der Waals surface area contributed by atoms with E-state index < -0.39 is 6.04 Å². The summed E-state index contributed by atoms with van der Waals surface area (Å²) in [5, 5.41) is 2.92. The summed E-state index contributed by atoms with van der Waals surface area (Å²) < 4.78 is 0. The van der Waals surface area contributed by atoms with Crippen LogP contribution in [0.4, 0.5) is 0 Å². The Morgan fingerprint density at radius 1 is 1.14 bits per heavy atom. The number of nitrogens with one attached hydrogen (secondary N) is 1. The predicted molar refractivity (Wildman–Crippen MR) is 111 cm³/mol. The van der Waals surface area contributed by atoms with E-state index in [-0.39, 0.29) is 18.2 Å². The monoisotopic (exact) mass is 379 g/mol. The van der Waals surface area contributed by atoms with Crippen LogP contribution in [0.2, 0.25) is 0 Å². The summed E-state index contributed by atoms with van der Waals surface area (Å²) >= 11 is 0. The number of amides is 2. The van der Waals surface area contributed by atoms with Gasteiger partial charge in [0.15, 0.2) is 0 Å². The van der Waals surface area contributed by atoms with Gasteiger partial charge in [0.05, 0.1) is 12.5 Å². The molecule has 0 spiro atoms. The number of benzene rings is 2. The molecule has 0 aromatic heterocycles. The van der Waals surface area contributed by atoms with Gasteiger partial charge in [-0.3, -0.25) is 14.5 Å². The first-order chi connectivity index (χ1) is 13.6. The van der Waals surface area contributed by atoms with Crippen LogP contribution in [0.25, 0.3) is 0 Å². The molecule has 1 fully saturated rings. The summed E-state index contributed by atoms with van der Waals surface area (Å²) in [4.78, 5) is 29.5. The third kappa shape index (κ3) is 4.98. The zero-order valence-corrected chi connectivity index (χ0v) is 16.7. The standard InChI is InChI=1S/C23H29N3O2/c1-3-25(16-19-10-5-4-6-11-19)22(27)15-21-23(28)24-13-14-26(21)17-20-12-8-7-9-18(20)2/h4-12,21H,3,13-17H2,1-2H3,(H,24,28). The highest BCUT2D eigenvalue weighted by atomic mass is 16.2. The van der Waals surface area contributed by atoms with Gasteiger partial charge in [0.25, 0.3) is 0 Å². The molecule has 1 atom stereocenters. The molecule has 5 nitrogen and oxygen atoms in total. The van der Waals surface area contributed by atoms with Gasteiger partial charge in [-0.2, -0.15) is 0 Å². The van der Waals surface area contributed by atoms with Gasteiger partial charge in [0.2, 0.25) is 11.8 Å². The van der Waals surface area contributed by atoms with E-state index in [2.05, 4.69) is 29.3 Å². The summed E-state index contributed by atoms with van der Waals surface area (Å²) in [5.41, 5.74) is 3.51. The molecule has 1 heterocycles. The molecule has 0 saturated carbocycles. The molecule has 5 heteroatoms. The highest BCUT2D eigenvalue weighted by Crippen LogP contribution is 2.18. The lowest BCUT2D eigenvalue weighted by Gasteiger charge is -2.36. The molecule has 3 rings (SSSR count). The second-order valence-electron chi connectivity index (χ2n) is 7.30. The zero-order valence-electron chi connectivity index (χ0n) is 16.7. The number of carbonyl (C=O) groups is 2. The summed E-state index contributed by atoms with van der Waals surface area (Å²) in [7, 11) is 0. The number of rotatable bonds is 7. The van der Waals surface area contributed by atoms with Crippen LogP contribution >= 0.6 is 0 Å². The molecule has 2 aromatic rings. The highest BCUT2D eigenvalue weighted by molar-refractivity contribution is 5.88. The molecule has 0 aliphatic carbocycles. The second-order valence-corrected chi connectivity index (χ2v) is 7.30. The van der Waals surface area contributed by atoms with E-state index in [1.165, 1.54) is 11.1 Å². The summed E-state index contributed by atoms with van der Waals surface area (Å²) in [6.07, 6.45) is 0.207. The fraction of sp³-hybridized carbons (Fsp3) is 0.391. The fourth-order valence-electron chi connectivity index (χ4n) is 3.65. The number of aryl methyl sites for hydroxylation is 1. The van der Waals surface area contributed by atoms with Crippen LogP contribution in [0.1, 0.15) is 30.0 Å². The maximum atomic E-state index is 13.0. The number of nitrogens with zero attached hydrogens (tertiary/aromatic N) is 2. The zero-order chi connectivity index (χ0) is 19.9. The molecule has 28 heavy (non-hydrogen) atoms. The topological polar surface area (TPSA) is 52.7 Å². The number of carbonyl (C=O) groups excluding carboxylic acids is 2. The largest absolute Gasteiger partial charge is 0.353 e. The Labute approximate surface area is 167 Å². The van der Waals surface area contributed by atoms with Crippen molar-refractivity contribution in [2.24, 2.45) is 0 Å². The van der Waals surface area contributed by atoms with E-state index in [1.54, 1.807) is 0 Å². The Balaban J connectivity index is 1.70. The van der Waals surface area contributed by atoms with E-state index in [1.807, 2.05) is 54.3 Å². The van der Waals surface area contributed by atoms with Gasteiger partial charge in [0.1, 0.15) is 0 Å². The summed E-state index contributed by atoms with van der Waals surface area (Å²) in [6.45, 7) is 7.32. The third-order valence-corrected chi connectivity index (χ3v) is 5.40. The Bertz CT molecular complexity index is 807. The van der Waals surface area contributed by atoms with E-state index in [9.17, 15) is 9.59 Å². The number of hydrogen-bond acceptors (Lipinski definition) is 3. The van der Waals surface area contributed by atoms with Gasteiger partial charge in [-0.25, -0.2) is 0 Å². The molecule has 0 radical (unpaired) electrons. The fourth-order valence-corrected chi connectivity index (χ4v) is 3.65. The molecule has 0 bridgehead atoms. The summed E-state index contributed by atoms with van der Waals surface area (Å²) in [6, 6.07) is 17.8. The second kappa shape index (κ2) is 9.51. The van der Waals surface area contributed by atoms with Crippen molar-refractivity contribution in [3.63, 3.8) is 0 Å². The van der Waals surface area contributed by atoms with Crippen LogP contribution in [0.5, 0.6) is 0 Å². The highest BCUT2D eigenvalue weighted by Gasteiger charge is 2.32. The molecule has 148 valence electrons. The molecule has 1 N–H and O–H groups in total. The first-order valence-electron chi connectivity index (χ1n) is 9.96. The van der Waals surface area contributed by atoms with E-state index in [0.717, 1.165) is 12.1 Å². The Morgan fingerprint density at radius 3 is 2.57 bits per heavy atom. The molecule has 1 saturated heterocycles. The minimum atomic E-state index is -0.425. The average molecular weight is 380 g/mol. The molecular weight excluding hydrogens is 350 g/mol. The van der Waals surface area contributed by atoms with Gasteiger partial charge in [-0.15, -0.1) is 0 Å². The maximum Gasteiger partial charge on any atom is 0.237 e. The molecule has 1 unspecified atom stereocenters. The van der Waals surface area contributed by atoms with Crippen molar-refractivity contribution in [2.75, 3.05) is 19.6 Å². The van der Waals surface area contributed by atoms with Crippen LogP contribution in [-0.4, -0.2) is 47.3 Å². The number of piperazine rings is 1.